The number of hydrogen-bond acceptors (Lipinski definition) is 4. The zero-order valence-corrected chi connectivity index (χ0v) is 26.0. The van der Waals surface area contributed by atoms with Gasteiger partial charge in [-0.1, -0.05) is 91.0 Å². The van der Waals surface area contributed by atoms with E-state index in [1.54, 1.807) is 0 Å². The fourth-order valence-corrected chi connectivity index (χ4v) is 6.40. The lowest BCUT2D eigenvalue weighted by Crippen LogP contribution is -2.41. The molecule has 7 aromatic rings. The van der Waals surface area contributed by atoms with Crippen LogP contribution < -0.4 is 10.4 Å². The van der Waals surface area contributed by atoms with Crippen molar-refractivity contribution >= 4 is 62.4 Å². The lowest BCUT2D eigenvalue weighted by molar-refractivity contribution is 0.00578. The van der Waals surface area contributed by atoms with E-state index in [1.807, 2.05) is 18.2 Å². The first-order valence-corrected chi connectivity index (χ1v) is 15.5. The third-order valence-corrected chi connectivity index (χ3v) is 9.52. The van der Waals surface area contributed by atoms with Gasteiger partial charge in [-0.15, -0.1) is 0 Å². The van der Waals surface area contributed by atoms with Crippen molar-refractivity contribution in [2.24, 2.45) is 0 Å². The number of hydrogen-bond donors (Lipinski definition) is 0. The van der Waals surface area contributed by atoms with Gasteiger partial charge in [0.25, 0.3) is 0 Å². The summed E-state index contributed by atoms with van der Waals surface area (Å²) in [6.45, 7) is 8.34. The lowest BCUT2D eigenvalue weighted by atomic mass is 9.79. The Balaban J connectivity index is 1.25. The van der Waals surface area contributed by atoms with Gasteiger partial charge in [0.15, 0.2) is 0 Å². The molecule has 1 aliphatic heterocycles. The van der Waals surface area contributed by atoms with Crippen molar-refractivity contribution in [1.82, 2.24) is 0 Å². The van der Waals surface area contributed by atoms with Gasteiger partial charge in [-0.25, -0.2) is 0 Å². The number of anilines is 3. The van der Waals surface area contributed by atoms with Crippen LogP contribution in [0.2, 0.25) is 0 Å². The Bertz CT molecular complexity index is 2160. The molecule has 5 heteroatoms. The molecular weight excluding hydrogens is 553 g/mol. The Morgan fingerprint density at radius 2 is 1.11 bits per heavy atom. The van der Waals surface area contributed by atoms with Crippen LogP contribution in [0.5, 0.6) is 0 Å². The van der Waals surface area contributed by atoms with Crippen molar-refractivity contribution < 1.29 is 13.7 Å². The van der Waals surface area contributed by atoms with Gasteiger partial charge in [-0.2, -0.15) is 0 Å². The van der Waals surface area contributed by atoms with Gasteiger partial charge >= 0.3 is 7.12 Å². The zero-order valence-electron chi connectivity index (χ0n) is 26.0. The van der Waals surface area contributed by atoms with Crippen molar-refractivity contribution in [2.45, 2.75) is 38.9 Å². The van der Waals surface area contributed by atoms with Crippen LogP contribution in [0, 0.1) is 0 Å². The van der Waals surface area contributed by atoms with E-state index in [9.17, 15) is 0 Å². The molecule has 0 amide bonds. The van der Waals surface area contributed by atoms with Crippen molar-refractivity contribution in [3.63, 3.8) is 0 Å². The summed E-state index contributed by atoms with van der Waals surface area (Å²) in [5, 5.41) is 4.66. The maximum Gasteiger partial charge on any atom is 0.494 e. The first-order chi connectivity index (χ1) is 21.8. The van der Waals surface area contributed by atoms with Crippen LogP contribution in [-0.2, 0) is 9.31 Å². The number of para-hydroxylation sites is 1. The van der Waals surface area contributed by atoms with Gasteiger partial charge in [-0.05, 0) is 97.5 Å². The molecule has 0 radical (unpaired) electrons. The molecule has 1 aliphatic rings. The molecule has 6 aromatic carbocycles. The first kappa shape index (κ1) is 27.7. The highest BCUT2D eigenvalue weighted by atomic mass is 16.7. The smallest absolute Gasteiger partial charge is 0.456 e. The third-order valence-electron chi connectivity index (χ3n) is 9.52. The van der Waals surface area contributed by atoms with Gasteiger partial charge in [0.2, 0.25) is 0 Å². The second-order valence-corrected chi connectivity index (χ2v) is 12.8. The normalized spacial score (nSPS) is 15.7. The minimum Gasteiger partial charge on any atom is -0.456 e. The molecule has 0 atom stereocenters. The van der Waals surface area contributed by atoms with E-state index >= 15 is 0 Å². The summed E-state index contributed by atoms with van der Waals surface area (Å²) < 4.78 is 19.0. The molecule has 0 bridgehead atoms. The number of furan rings is 1. The van der Waals surface area contributed by atoms with Crippen LogP contribution in [0.3, 0.4) is 0 Å². The summed E-state index contributed by atoms with van der Waals surface area (Å²) in [5.41, 5.74) is 7.49. The van der Waals surface area contributed by atoms with Crippen LogP contribution in [0.15, 0.2) is 138 Å². The summed E-state index contributed by atoms with van der Waals surface area (Å²) in [5.74, 6) is 0. The Hall–Kier alpha value is -4.84. The summed E-state index contributed by atoms with van der Waals surface area (Å²) >= 11 is 0. The number of nitrogens with zero attached hydrogens (tertiary/aromatic N) is 1. The molecule has 45 heavy (non-hydrogen) atoms. The lowest BCUT2D eigenvalue weighted by Gasteiger charge is -2.32. The molecule has 0 spiro atoms. The standard InChI is InChI=1S/C40H34BNO3/c1-39(2)40(3,4)45-41(44-39)29-21-25-31(26-22-29)42(35-16-10-18-37-38(35)34-14-7-8-17-36(34)43-37)30-23-19-28(20-24-30)33-15-9-12-27-11-5-6-13-32(27)33/h5-26H,1-4H3. The molecule has 0 N–H and O–H groups in total. The maximum atomic E-state index is 6.35. The van der Waals surface area contributed by atoms with Crippen molar-refractivity contribution in [3.8, 4) is 11.1 Å². The predicted molar refractivity (Wildman–Crippen MR) is 187 cm³/mol. The molecule has 8 rings (SSSR count). The van der Waals surface area contributed by atoms with Gasteiger partial charge in [0.05, 0.1) is 22.3 Å². The highest BCUT2D eigenvalue weighted by Crippen LogP contribution is 2.43. The fraction of sp³-hybridized carbons (Fsp3) is 0.150. The van der Waals surface area contributed by atoms with Crippen LogP contribution in [0.1, 0.15) is 27.7 Å². The Morgan fingerprint density at radius 3 is 1.84 bits per heavy atom. The van der Waals surface area contributed by atoms with E-state index in [4.69, 9.17) is 13.7 Å². The van der Waals surface area contributed by atoms with Crippen LogP contribution in [-0.4, -0.2) is 18.3 Å². The van der Waals surface area contributed by atoms with E-state index < -0.39 is 18.3 Å². The molecular formula is C40H34BNO3. The van der Waals surface area contributed by atoms with Crippen LogP contribution in [0.4, 0.5) is 17.1 Å². The summed E-state index contributed by atoms with van der Waals surface area (Å²) in [6.07, 6.45) is 0. The Kier molecular flexibility index (Phi) is 6.38. The molecule has 1 aromatic heterocycles. The zero-order chi connectivity index (χ0) is 30.8. The van der Waals surface area contributed by atoms with E-state index in [1.165, 1.54) is 21.9 Å². The molecule has 1 saturated heterocycles. The second kappa shape index (κ2) is 10.4. The van der Waals surface area contributed by atoms with Gasteiger partial charge in [-0.3, -0.25) is 0 Å². The van der Waals surface area contributed by atoms with E-state index in [0.29, 0.717) is 0 Å². The monoisotopic (exact) mass is 587 g/mol. The van der Waals surface area contributed by atoms with Crippen LogP contribution in [0.25, 0.3) is 43.8 Å². The highest BCUT2D eigenvalue weighted by Gasteiger charge is 2.51. The number of rotatable bonds is 5. The molecule has 1 fully saturated rings. The molecule has 0 saturated carbocycles. The van der Waals surface area contributed by atoms with Crippen molar-refractivity contribution in [1.29, 1.82) is 0 Å². The van der Waals surface area contributed by atoms with E-state index in [-0.39, 0.29) is 0 Å². The summed E-state index contributed by atoms with van der Waals surface area (Å²) in [4.78, 5) is 2.31. The summed E-state index contributed by atoms with van der Waals surface area (Å²) in [7, 11) is -0.418. The molecule has 0 unspecified atom stereocenters. The largest absolute Gasteiger partial charge is 0.494 e. The maximum absolute atomic E-state index is 6.35. The third kappa shape index (κ3) is 4.62. The average molecular weight is 588 g/mol. The van der Waals surface area contributed by atoms with Crippen molar-refractivity contribution in [3.05, 3.63) is 133 Å². The van der Waals surface area contributed by atoms with E-state index in [0.717, 1.165) is 44.5 Å². The molecule has 0 aliphatic carbocycles. The second-order valence-electron chi connectivity index (χ2n) is 12.8. The van der Waals surface area contributed by atoms with Gasteiger partial charge in [0.1, 0.15) is 11.2 Å². The quantitative estimate of drug-likeness (QED) is 0.188. The number of fused-ring (bicyclic) bond motifs is 4. The molecule has 2 heterocycles. The number of benzene rings is 6. The summed E-state index contributed by atoms with van der Waals surface area (Å²) in [6, 6.07) is 47.0. The SMILES string of the molecule is CC1(C)OB(c2ccc(N(c3ccc(-c4cccc5ccccc45)cc3)c3cccc4oc5ccccc5c34)cc2)OC1(C)C. The molecule has 220 valence electrons. The fourth-order valence-electron chi connectivity index (χ4n) is 6.40. The topological polar surface area (TPSA) is 34.8 Å². The Morgan fingerprint density at radius 1 is 0.533 bits per heavy atom. The predicted octanol–water partition coefficient (Wildman–Crippen LogP) is 10.2. The minimum atomic E-state index is -0.418. The van der Waals surface area contributed by atoms with E-state index in [2.05, 4.69) is 148 Å². The highest BCUT2D eigenvalue weighted by molar-refractivity contribution is 6.62. The van der Waals surface area contributed by atoms with Crippen LogP contribution >= 0.6 is 0 Å². The molecule has 4 nitrogen and oxygen atoms in total. The Labute approximate surface area is 264 Å². The van der Waals surface area contributed by atoms with Gasteiger partial charge < -0.3 is 18.6 Å². The minimum absolute atomic E-state index is 0.397. The first-order valence-electron chi connectivity index (χ1n) is 15.5. The average Bonchev–Trinajstić information content (AvgIpc) is 3.54. The van der Waals surface area contributed by atoms with Gasteiger partial charge in [0, 0.05) is 16.8 Å². The van der Waals surface area contributed by atoms with Crippen molar-refractivity contribution in [2.75, 3.05) is 4.90 Å².